The van der Waals surface area contributed by atoms with E-state index < -0.39 is 0 Å². The topological polar surface area (TPSA) is 49.2 Å². The summed E-state index contributed by atoms with van der Waals surface area (Å²) in [5.41, 5.74) is 1.95. The third-order valence-corrected chi connectivity index (χ3v) is 4.58. The number of hydrogen-bond acceptors (Lipinski definition) is 5. The van der Waals surface area contributed by atoms with Gasteiger partial charge in [-0.2, -0.15) is 0 Å². The quantitative estimate of drug-likeness (QED) is 0.611. The van der Waals surface area contributed by atoms with Crippen molar-refractivity contribution in [3.8, 4) is 28.6 Å². The van der Waals surface area contributed by atoms with Crippen LogP contribution in [0.4, 0.5) is 0 Å². The third-order valence-electron chi connectivity index (χ3n) is 3.63. The first kappa shape index (κ1) is 17.4. The number of aromatic nitrogens is 3. The molecule has 3 rings (SSSR count). The van der Waals surface area contributed by atoms with Gasteiger partial charge in [0.2, 0.25) is 0 Å². The van der Waals surface area contributed by atoms with Crippen LogP contribution in [0.1, 0.15) is 13.8 Å². The Hall–Kier alpha value is -2.47. The molecule has 1 heterocycles. The highest BCUT2D eigenvalue weighted by atomic mass is 32.2. The van der Waals surface area contributed by atoms with Gasteiger partial charge in [0, 0.05) is 16.9 Å². The molecule has 1 aromatic heterocycles. The van der Waals surface area contributed by atoms with E-state index in [1.54, 1.807) is 26.0 Å². The van der Waals surface area contributed by atoms with Gasteiger partial charge in [-0.05, 0) is 12.1 Å². The molecular formula is C19H21N3O2S. The summed E-state index contributed by atoms with van der Waals surface area (Å²) in [5, 5.41) is 10.1. The van der Waals surface area contributed by atoms with Crippen molar-refractivity contribution < 1.29 is 9.47 Å². The second-order valence-electron chi connectivity index (χ2n) is 5.71. The minimum absolute atomic E-state index is 0.395. The van der Waals surface area contributed by atoms with Gasteiger partial charge in [0.25, 0.3) is 0 Å². The lowest BCUT2D eigenvalue weighted by Gasteiger charge is -2.14. The summed E-state index contributed by atoms with van der Waals surface area (Å²) in [6.45, 7) is 4.28. The fourth-order valence-electron chi connectivity index (χ4n) is 2.53. The molecule has 0 radical (unpaired) electrons. The molecular weight excluding hydrogens is 334 g/mol. The highest BCUT2D eigenvalue weighted by Crippen LogP contribution is 2.34. The Labute approximate surface area is 152 Å². The second kappa shape index (κ2) is 7.61. The van der Waals surface area contributed by atoms with E-state index in [0.717, 1.165) is 22.2 Å². The molecule has 25 heavy (non-hydrogen) atoms. The number of ether oxygens (including phenoxy) is 2. The molecule has 0 fully saturated rings. The summed E-state index contributed by atoms with van der Waals surface area (Å²) in [4.78, 5) is 0. The number of hydrogen-bond donors (Lipinski definition) is 0. The van der Waals surface area contributed by atoms with Crippen molar-refractivity contribution in [2.45, 2.75) is 24.3 Å². The van der Waals surface area contributed by atoms with Crippen molar-refractivity contribution in [3.63, 3.8) is 0 Å². The van der Waals surface area contributed by atoms with Crippen LogP contribution in [0.5, 0.6) is 11.5 Å². The smallest absolute Gasteiger partial charge is 0.196 e. The fourth-order valence-corrected chi connectivity index (χ4v) is 3.33. The maximum Gasteiger partial charge on any atom is 0.196 e. The molecule has 0 aliphatic rings. The van der Waals surface area contributed by atoms with Crippen LogP contribution in [0.15, 0.2) is 53.7 Å². The Balaban J connectivity index is 2.17. The molecule has 3 aromatic rings. The predicted octanol–water partition coefficient (Wildman–Crippen LogP) is 4.45. The molecule has 0 aliphatic heterocycles. The minimum atomic E-state index is 0.395. The van der Waals surface area contributed by atoms with E-state index in [1.807, 2.05) is 48.5 Å². The summed E-state index contributed by atoms with van der Waals surface area (Å²) in [5.74, 6) is 2.17. The number of nitrogens with zero attached hydrogens (tertiary/aromatic N) is 3. The predicted molar refractivity (Wildman–Crippen MR) is 101 cm³/mol. The van der Waals surface area contributed by atoms with E-state index >= 15 is 0 Å². The SMILES string of the molecule is COc1ccc(-n2c(SC(C)C)nnc2-c2ccccc2)cc1OC. The van der Waals surface area contributed by atoms with Crippen molar-refractivity contribution >= 4 is 11.8 Å². The molecule has 0 amide bonds. The van der Waals surface area contributed by atoms with Gasteiger partial charge in [0.15, 0.2) is 22.5 Å². The lowest BCUT2D eigenvalue weighted by atomic mass is 10.2. The summed E-state index contributed by atoms with van der Waals surface area (Å²) in [6, 6.07) is 15.9. The van der Waals surface area contributed by atoms with E-state index in [2.05, 4.69) is 28.6 Å². The Morgan fingerprint density at radius 2 is 1.64 bits per heavy atom. The van der Waals surface area contributed by atoms with Gasteiger partial charge in [-0.3, -0.25) is 4.57 Å². The maximum atomic E-state index is 5.46. The standard InChI is InChI=1S/C19H21N3O2S/c1-13(2)25-19-21-20-18(14-8-6-5-7-9-14)22(19)15-10-11-16(23-3)17(12-15)24-4/h5-13H,1-4H3. The van der Waals surface area contributed by atoms with Crippen molar-refractivity contribution in [1.29, 1.82) is 0 Å². The second-order valence-corrected chi connectivity index (χ2v) is 7.26. The Kier molecular flexibility index (Phi) is 5.28. The van der Waals surface area contributed by atoms with Gasteiger partial charge < -0.3 is 9.47 Å². The first-order chi connectivity index (χ1) is 12.1. The molecule has 0 aliphatic carbocycles. The van der Waals surface area contributed by atoms with Crippen LogP contribution in [0, 0.1) is 0 Å². The monoisotopic (exact) mass is 355 g/mol. The Morgan fingerprint density at radius 3 is 2.28 bits per heavy atom. The van der Waals surface area contributed by atoms with Crippen molar-refractivity contribution in [2.24, 2.45) is 0 Å². The van der Waals surface area contributed by atoms with Crippen LogP contribution in [-0.2, 0) is 0 Å². The van der Waals surface area contributed by atoms with E-state index in [-0.39, 0.29) is 0 Å². The van der Waals surface area contributed by atoms with Gasteiger partial charge in [-0.25, -0.2) is 0 Å². The average Bonchev–Trinajstić information content (AvgIpc) is 3.04. The zero-order chi connectivity index (χ0) is 17.8. The van der Waals surface area contributed by atoms with E-state index in [0.29, 0.717) is 16.7 Å². The van der Waals surface area contributed by atoms with Gasteiger partial charge in [-0.1, -0.05) is 55.9 Å². The van der Waals surface area contributed by atoms with Gasteiger partial charge >= 0.3 is 0 Å². The molecule has 6 heteroatoms. The third kappa shape index (κ3) is 3.64. The molecule has 0 bridgehead atoms. The normalized spacial score (nSPS) is 10.9. The summed E-state index contributed by atoms with van der Waals surface area (Å²) >= 11 is 1.68. The summed E-state index contributed by atoms with van der Waals surface area (Å²) in [6.07, 6.45) is 0. The summed E-state index contributed by atoms with van der Waals surface area (Å²) in [7, 11) is 3.27. The van der Waals surface area contributed by atoms with Gasteiger partial charge in [0.1, 0.15) is 0 Å². The minimum Gasteiger partial charge on any atom is -0.493 e. The molecule has 0 unspecified atom stereocenters. The summed E-state index contributed by atoms with van der Waals surface area (Å²) < 4.78 is 12.9. The number of methoxy groups -OCH3 is 2. The molecule has 0 saturated heterocycles. The molecule has 0 N–H and O–H groups in total. The molecule has 0 atom stereocenters. The number of rotatable bonds is 6. The van der Waals surface area contributed by atoms with Crippen molar-refractivity contribution in [1.82, 2.24) is 14.8 Å². The molecule has 5 nitrogen and oxygen atoms in total. The van der Waals surface area contributed by atoms with E-state index in [4.69, 9.17) is 9.47 Å². The largest absolute Gasteiger partial charge is 0.493 e. The van der Waals surface area contributed by atoms with E-state index in [1.165, 1.54) is 0 Å². The highest BCUT2D eigenvalue weighted by Gasteiger charge is 2.18. The number of thioether (sulfide) groups is 1. The lowest BCUT2D eigenvalue weighted by molar-refractivity contribution is 0.355. The first-order valence-electron chi connectivity index (χ1n) is 8.04. The Morgan fingerprint density at radius 1 is 0.920 bits per heavy atom. The van der Waals surface area contributed by atoms with Crippen LogP contribution >= 0.6 is 11.8 Å². The van der Waals surface area contributed by atoms with Crippen LogP contribution in [0.25, 0.3) is 17.1 Å². The van der Waals surface area contributed by atoms with Crippen molar-refractivity contribution in [3.05, 3.63) is 48.5 Å². The average molecular weight is 355 g/mol. The zero-order valence-electron chi connectivity index (χ0n) is 14.8. The molecule has 2 aromatic carbocycles. The fraction of sp³-hybridized carbons (Fsp3) is 0.263. The van der Waals surface area contributed by atoms with Crippen LogP contribution in [0.2, 0.25) is 0 Å². The first-order valence-corrected chi connectivity index (χ1v) is 8.92. The number of benzene rings is 2. The van der Waals surface area contributed by atoms with E-state index in [9.17, 15) is 0 Å². The maximum absolute atomic E-state index is 5.46. The van der Waals surface area contributed by atoms with Crippen molar-refractivity contribution in [2.75, 3.05) is 14.2 Å². The van der Waals surface area contributed by atoms with Crippen LogP contribution in [0.3, 0.4) is 0 Å². The highest BCUT2D eigenvalue weighted by molar-refractivity contribution is 7.99. The lowest BCUT2D eigenvalue weighted by Crippen LogP contribution is -2.02. The van der Waals surface area contributed by atoms with Gasteiger partial charge in [0.05, 0.1) is 19.9 Å². The Bertz CT molecular complexity index is 847. The van der Waals surface area contributed by atoms with Gasteiger partial charge in [-0.15, -0.1) is 10.2 Å². The zero-order valence-corrected chi connectivity index (χ0v) is 15.6. The van der Waals surface area contributed by atoms with Crippen LogP contribution in [-0.4, -0.2) is 34.2 Å². The van der Waals surface area contributed by atoms with Crippen LogP contribution < -0.4 is 9.47 Å². The molecule has 0 spiro atoms. The molecule has 130 valence electrons. The molecule has 0 saturated carbocycles.